The summed E-state index contributed by atoms with van der Waals surface area (Å²) in [5.41, 5.74) is -0.614. The molecule has 5 nitrogen and oxygen atoms in total. The number of carbonyl (C=O) groups is 1. The highest BCUT2D eigenvalue weighted by Crippen LogP contribution is 2.49. The zero-order chi connectivity index (χ0) is 14.9. The van der Waals surface area contributed by atoms with Crippen LogP contribution in [0.15, 0.2) is 12.3 Å². The molecule has 1 aromatic rings. The summed E-state index contributed by atoms with van der Waals surface area (Å²) in [5, 5.41) is 2.47. The molecule has 1 aliphatic rings. The van der Waals surface area contributed by atoms with Crippen LogP contribution in [0.1, 0.15) is 38.9 Å². The van der Waals surface area contributed by atoms with Crippen molar-refractivity contribution >= 4 is 11.9 Å². The van der Waals surface area contributed by atoms with Crippen LogP contribution in [0.4, 0.5) is 19.4 Å². The number of hydrogen-bond donors (Lipinski definition) is 1. The number of amides is 1. The van der Waals surface area contributed by atoms with Crippen LogP contribution in [0.25, 0.3) is 0 Å². The molecule has 1 amide bonds. The first kappa shape index (κ1) is 14.6. The van der Waals surface area contributed by atoms with Crippen LogP contribution in [0.3, 0.4) is 0 Å². The summed E-state index contributed by atoms with van der Waals surface area (Å²) >= 11 is 0. The van der Waals surface area contributed by atoms with Crippen molar-refractivity contribution in [1.82, 2.24) is 9.97 Å². The van der Waals surface area contributed by atoms with Crippen molar-refractivity contribution in [3.8, 4) is 0 Å². The smallest absolute Gasteiger partial charge is 0.413 e. The van der Waals surface area contributed by atoms with Crippen LogP contribution in [0.2, 0.25) is 0 Å². The van der Waals surface area contributed by atoms with Gasteiger partial charge in [0.25, 0.3) is 0 Å². The van der Waals surface area contributed by atoms with Gasteiger partial charge in [0.05, 0.1) is 0 Å². The van der Waals surface area contributed by atoms with Crippen LogP contribution >= 0.6 is 0 Å². The van der Waals surface area contributed by atoms with Gasteiger partial charge in [0.15, 0.2) is 0 Å². The fraction of sp³-hybridized carbons (Fsp3) is 0.615. The Labute approximate surface area is 115 Å². The lowest BCUT2D eigenvalue weighted by molar-refractivity contribution is 0.0635. The Bertz CT molecular complexity index is 503. The second-order valence-electron chi connectivity index (χ2n) is 5.77. The third-order valence-corrected chi connectivity index (χ3v) is 2.80. The van der Waals surface area contributed by atoms with E-state index in [1.807, 2.05) is 0 Å². The lowest BCUT2D eigenvalue weighted by atomic mass is 10.2. The van der Waals surface area contributed by atoms with Gasteiger partial charge in [-0.1, -0.05) is 0 Å². The molecule has 2 rings (SSSR count). The van der Waals surface area contributed by atoms with Gasteiger partial charge in [-0.05, 0) is 33.3 Å². The Kier molecular flexibility index (Phi) is 3.87. The molecule has 1 fully saturated rings. The minimum Gasteiger partial charge on any atom is -0.444 e. The average Bonchev–Trinajstić information content (AvgIpc) is 3.06. The first-order valence-electron chi connectivity index (χ1n) is 6.37. The van der Waals surface area contributed by atoms with Crippen LogP contribution in [0.5, 0.6) is 0 Å². The zero-order valence-electron chi connectivity index (χ0n) is 11.6. The van der Waals surface area contributed by atoms with E-state index in [9.17, 15) is 13.6 Å². The zero-order valence-corrected chi connectivity index (χ0v) is 11.6. The van der Waals surface area contributed by atoms with Crippen molar-refractivity contribution < 1.29 is 18.3 Å². The van der Waals surface area contributed by atoms with Gasteiger partial charge in [0, 0.05) is 18.0 Å². The van der Waals surface area contributed by atoms with E-state index >= 15 is 0 Å². The molecule has 1 heterocycles. The molecule has 2 atom stereocenters. The van der Waals surface area contributed by atoms with Crippen molar-refractivity contribution in [1.29, 1.82) is 0 Å². The van der Waals surface area contributed by atoms with Gasteiger partial charge < -0.3 is 4.74 Å². The number of anilines is 1. The number of hydrogen-bond acceptors (Lipinski definition) is 4. The standard InChI is InChI=1S/C13H17F2N3O2/c1-13(2,3)20-12(19)18-9-4-5-16-11(17-9)8-6-7(8)10(14)15/h4-5,7-8,10H,6H2,1-3H3,(H,16,17,18,19). The van der Waals surface area contributed by atoms with Gasteiger partial charge in [-0.25, -0.2) is 23.5 Å². The molecule has 0 saturated heterocycles. The molecular formula is C13H17F2N3O2. The minimum atomic E-state index is -2.36. The topological polar surface area (TPSA) is 64.1 Å². The van der Waals surface area contributed by atoms with Crippen LogP contribution in [-0.2, 0) is 4.74 Å². The maximum Gasteiger partial charge on any atom is 0.413 e. The van der Waals surface area contributed by atoms with E-state index in [2.05, 4.69) is 15.3 Å². The van der Waals surface area contributed by atoms with Crippen molar-refractivity contribution in [2.24, 2.45) is 5.92 Å². The molecule has 0 spiro atoms. The summed E-state index contributed by atoms with van der Waals surface area (Å²) in [6.07, 6.45) is -1.17. The van der Waals surface area contributed by atoms with E-state index in [1.54, 1.807) is 20.8 Å². The molecule has 2 unspecified atom stereocenters. The Morgan fingerprint density at radius 1 is 1.50 bits per heavy atom. The predicted octanol–water partition coefficient (Wildman–Crippen LogP) is 3.19. The second-order valence-corrected chi connectivity index (χ2v) is 5.77. The summed E-state index contributed by atoms with van der Waals surface area (Å²) in [5.74, 6) is -0.407. The van der Waals surface area contributed by atoms with E-state index in [4.69, 9.17) is 4.74 Å². The van der Waals surface area contributed by atoms with Gasteiger partial charge >= 0.3 is 6.09 Å². The fourth-order valence-corrected chi connectivity index (χ4v) is 1.82. The summed E-state index contributed by atoms with van der Waals surface area (Å²) in [7, 11) is 0. The second kappa shape index (κ2) is 5.30. The summed E-state index contributed by atoms with van der Waals surface area (Å²) < 4.78 is 30.1. The van der Waals surface area contributed by atoms with Crippen molar-refractivity contribution in [2.75, 3.05) is 5.32 Å². The van der Waals surface area contributed by atoms with Crippen molar-refractivity contribution in [3.63, 3.8) is 0 Å². The molecule has 110 valence electrons. The average molecular weight is 285 g/mol. The highest BCUT2D eigenvalue weighted by atomic mass is 19.3. The maximum atomic E-state index is 12.5. The number of carbonyl (C=O) groups excluding carboxylic acids is 1. The van der Waals surface area contributed by atoms with Gasteiger partial charge in [0.2, 0.25) is 6.43 Å². The van der Waals surface area contributed by atoms with Crippen LogP contribution < -0.4 is 5.32 Å². The summed E-state index contributed by atoms with van der Waals surface area (Å²) in [4.78, 5) is 19.6. The van der Waals surface area contributed by atoms with Crippen LogP contribution in [0, 0.1) is 5.92 Å². The van der Waals surface area contributed by atoms with Crippen molar-refractivity contribution in [2.45, 2.75) is 45.1 Å². The van der Waals surface area contributed by atoms with E-state index in [0.717, 1.165) is 0 Å². The Morgan fingerprint density at radius 3 is 2.75 bits per heavy atom. The molecule has 7 heteroatoms. The molecular weight excluding hydrogens is 268 g/mol. The van der Waals surface area contributed by atoms with Crippen LogP contribution in [-0.4, -0.2) is 28.1 Å². The number of aromatic nitrogens is 2. The maximum absolute atomic E-state index is 12.5. The largest absolute Gasteiger partial charge is 0.444 e. The van der Waals surface area contributed by atoms with Gasteiger partial charge in [-0.3, -0.25) is 5.32 Å². The Hall–Kier alpha value is -1.79. The normalized spacial score (nSPS) is 21.7. The van der Waals surface area contributed by atoms with E-state index in [-0.39, 0.29) is 11.7 Å². The Balaban J connectivity index is 1.99. The molecule has 0 bridgehead atoms. The molecule has 1 saturated carbocycles. The highest BCUT2D eigenvalue weighted by molar-refractivity contribution is 5.83. The third-order valence-electron chi connectivity index (χ3n) is 2.80. The van der Waals surface area contributed by atoms with E-state index < -0.39 is 24.0 Å². The lowest BCUT2D eigenvalue weighted by Gasteiger charge is -2.19. The van der Waals surface area contributed by atoms with Crippen molar-refractivity contribution in [3.05, 3.63) is 18.1 Å². The molecule has 1 aromatic heterocycles. The SMILES string of the molecule is CC(C)(C)OC(=O)Nc1ccnc(C2CC2C(F)F)n1. The van der Waals surface area contributed by atoms with Gasteiger partial charge in [0.1, 0.15) is 17.2 Å². The first-order valence-corrected chi connectivity index (χ1v) is 6.37. The quantitative estimate of drug-likeness (QED) is 0.926. The number of nitrogens with one attached hydrogen (secondary N) is 1. The van der Waals surface area contributed by atoms with E-state index in [1.165, 1.54) is 12.3 Å². The number of ether oxygens (including phenoxy) is 1. The predicted molar refractivity (Wildman–Crippen MR) is 68.7 cm³/mol. The lowest BCUT2D eigenvalue weighted by Crippen LogP contribution is -2.27. The number of alkyl halides is 2. The summed E-state index contributed by atoms with van der Waals surface area (Å²) in [6, 6.07) is 1.49. The third kappa shape index (κ3) is 3.85. The highest BCUT2D eigenvalue weighted by Gasteiger charge is 2.47. The van der Waals surface area contributed by atoms with E-state index in [0.29, 0.717) is 12.2 Å². The monoisotopic (exact) mass is 285 g/mol. The first-order chi connectivity index (χ1) is 9.26. The number of halogens is 2. The number of nitrogens with zero attached hydrogens (tertiary/aromatic N) is 2. The Morgan fingerprint density at radius 2 is 2.20 bits per heavy atom. The summed E-state index contributed by atoms with van der Waals surface area (Å²) in [6.45, 7) is 5.24. The molecule has 1 N–H and O–H groups in total. The minimum absolute atomic E-state index is 0.254. The molecule has 20 heavy (non-hydrogen) atoms. The fourth-order valence-electron chi connectivity index (χ4n) is 1.82. The molecule has 0 aliphatic heterocycles. The van der Waals surface area contributed by atoms with Gasteiger partial charge in [-0.2, -0.15) is 0 Å². The molecule has 0 radical (unpaired) electrons. The molecule has 0 aromatic carbocycles. The number of rotatable bonds is 3. The molecule has 1 aliphatic carbocycles. The van der Waals surface area contributed by atoms with Gasteiger partial charge in [-0.15, -0.1) is 0 Å².